The number of carboxylic acids is 1. The fourth-order valence-corrected chi connectivity index (χ4v) is 4.71. The number of carbonyl (C=O) groups excluding carboxylic acids is 1. The summed E-state index contributed by atoms with van der Waals surface area (Å²) >= 11 is 0. The van der Waals surface area contributed by atoms with Crippen molar-refractivity contribution < 1.29 is 19.4 Å². The minimum absolute atomic E-state index is 0.0575. The summed E-state index contributed by atoms with van der Waals surface area (Å²) in [4.78, 5) is 34.1. The third-order valence-corrected chi connectivity index (χ3v) is 6.54. The number of likely N-dealkylation sites (tertiary alicyclic amines) is 1. The van der Waals surface area contributed by atoms with Crippen LogP contribution in [0.1, 0.15) is 32.1 Å². The first-order valence-corrected chi connectivity index (χ1v) is 10.7. The molecule has 4 heterocycles. The number of hydrogen-bond donors (Lipinski definition) is 1. The van der Waals surface area contributed by atoms with Crippen molar-refractivity contribution in [2.24, 2.45) is 5.92 Å². The summed E-state index contributed by atoms with van der Waals surface area (Å²) in [5.74, 6) is -0.885. The van der Waals surface area contributed by atoms with Crippen molar-refractivity contribution in [2.75, 3.05) is 44.2 Å². The molecule has 0 aliphatic carbocycles. The van der Waals surface area contributed by atoms with Crippen LogP contribution in [0.5, 0.6) is 0 Å². The van der Waals surface area contributed by atoms with Gasteiger partial charge in [0, 0.05) is 43.8 Å². The number of hydrogen-bond acceptors (Lipinski definition) is 6. The number of amides is 1. The molecule has 3 saturated heterocycles. The van der Waals surface area contributed by atoms with Crippen LogP contribution >= 0.6 is 0 Å². The maximum Gasteiger partial charge on any atom is 0.410 e. The van der Waals surface area contributed by atoms with E-state index < -0.39 is 5.97 Å². The molecule has 1 aromatic heterocycles. The SMILES string of the molecule is O=C(O)C1CCN(CCC2CN(C3CCN(c4ccncc4)CC3)C(=O)O2)CC1. The molecule has 1 unspecified atom stereocenters. The largest absolute Gasteiger partial charge is 0.481 e. The molecule has 1 atom stereocenters. The van der Waals surface area contributed by atoms with E-state index >= 15 is 0 Å². The maximum absolute atomic E-state index is 12.4. The Kier molecular flexibility index (Phi) is 6.18. The molecule has 0 radical (unpaired) electrons. The third-order valence-electron chi connectivity index (χ3n) is 6.54. The Morgan fingerprint density at radius 3 is 2.45 bits per heavy atom. The molecular weight excluding hydrogens is 372 g/mol. The summed E-state index contributed by atoms with van der Waals surface area (Å²) in [7, 11) is 0. The van der Waals surface area contributed by atoms with E-state index in [1.54, 1.807) is 0 Å². The normalized spacial score (nSPS) is 24.7. The Labute approximate surface area is 171 Å². The van der Waals surface area contributed by atoms with Gasteiger partial charge in [0.05, 0.1) is 12.5 Å². The van der Waals surface area contributed by atoms with Gasteiger partial charge in [-0.25, -0.2) is 4.79 Å². The highest BCUT2D eigenvalue weighted by Gasteiger charge is 2.37. The van der Waals surface area contributed by atoms with Gasteiger partial charge in [-0.1, -0.05) is 0 Å². The number of cyclic esters (lactones) is 1. The first-order valence-electron chi connectivity index (χ1n) is 10.7. The smallest absolute Gasteiger partial charge is 0.410 e. The second kappa shape index (κ2) is 8.98. The topological polar surface area (TPSA) is 86.2 Å². The number of aromatic nitrogens is 1. The molecular formula is C21H30N4O4. The molecule has 4 rings (SSSR count). The quantitative estimate of drug-likeness (QED) is 0.779. The lowest BCUT2D eigenvalue weighted by Crippen LogP contribution is -2.45. The van der Waals surface area contributed by atoms with Crippen LogP contribution in [0.25, 0.3) is 0 Å². The van der Waals surface area contributed by atoms with Gasteiger partial charge < -0.3 is 24.5 Å². The average Bonchev–Trinajstić information content (AvgIpc) is 3.14. The van der Waals surface area contributed by atoms with E-state index in [-0.39, 0.29) is 24.2 Å². The molecule has 0 saturated carbocycles. The van der Waals surface area contributed by atoms with Crippen molar-refractivity contribution in [1.29, 1.82) is 0 Å². The van der Waals surface area contributed by atoms with Crippen molar-refractivity contribution in [3.05, 3.63) is 24.5 Å². The second-order valence-corrected chi connectivity index (χ2v) is 8.32. The fourth-order valence-electron chi connectivity index (χ4n) is 4.71. The molecule has 1 aromatic rings. The zero-order valence-corrected chi connectivity index (χ0v) is 16.8. The number of ether oxygens (including phenoxy) is 1. The lowest BCUT2D eigenvalue weighted by atomic mass is 9.97. The number of pyridine rings is 1. The summed E-state index contributed by atoms with van der Waals surface area (Å²) in [5.41, 5.74) is 1.19. The number of piperidine rings is 2. The third kappa shape index (κ3) is 4.80. The Balaban J connectivity index is 1.20. The van der Waals surface area contributed by atoms with E-state index in [4.69, 9.17) is 9.84 Å². The van der Waals surface area contributed by atoms with Gasteiger partial charge in [0.25, 0.3) is 0 Å². The van der Waals surface area contributed by atoms with Crippen LogP contribution < -0.4 is 4.90 Å². The molecule has 8 heteroatoms. The van der Waals surface area contributed by atoms with Crippen molar-refractivity contribution in [3.63, 3.8) is 0 Å². The molecule has 3 fully saturated rings. The molecule has 0 bridgehead atoms. The number of anilines is 1. The Morgan fingerprint density at radius 2 is 1.79 bits per heavy atom. The fraction of sp³-hybridized carbons (Fsp3) is 0.667. The molecule has 1 amide bonds. The Morgan fingerprint density at radius 1 is 1.10 bits per heavy atom. The van der Waals surface area contributed by atoms with E-state index in [2.05, 4.69) is 14.8 Å². The molecule has 29 heavy (non-hydrogen) atoms. The summed E-state index contributed by atoms with van der Waals surface area (Å²) in [6.45, 7) is 5.02. The summed E-state index contributed by atoms with van der Waals surface area (Å²) in [5, 5.41) is 9.10. The number of carboxylic acid groups (broad SMARTS) is 1. The van der Waals surface area contributed by atoms with Crippen LogP contribution in [0.15, 0.2) is 24.5 Å². The zero-order chi connectivity index (χ0) is 20.2. The van der Waals surface area contributed by atoms with Gasteiger partial charge in [0.1, 0.15) is 6.10 Å². The van der Waals surface area contributed by atoms with Gasteiger partial charge in [-0.3, -0.25) is 9.78 Å². The molecule has 8 nitrogen and oxygen atoms in total. The van der Waals surface area contributed by atoms with E-state index in [0.717, 1.165) is 52.0 Å². The van der Waals surface area contributed by atoms with Crippen LogP contribution in [-0.4, -0.2) is 83.4 Å². The Bertz CT molecular complexity index is 700. The van der Waals surface area contributed by atoms with Gasteiger partial charge in [0.2, 0.25) is 0 Å². The summed E-state index contributed by atoms with van der Waals surface area (Å²) in [6, 6.07) is 4.30. The van der Waals surface area contributed by atoms with Crippen molar-refractivity contribution in [1.82, 2.24) is 14.8 Å². The van der Waals surface area contributed by atoms with E-state index in [1.165, 1.54) is 5.69 Å². The molecule has 1 N–H and O–H groups in total. The highest BCUT2D eigenvalue weighted by Crippen LogP contribution is 2.26. The van der Waals surface area contributed by atoms with Crippen molar-refractivity contribution in [3.8, 4) is 0 Å². The lowest BCUT2D eigenvalue weighted by molar-refractivity contribution is -0.143. The number of rotatable bonds is 6. The molecule has 3 aliphatic rings. The predicted molar refractivity (Wildman–Crippen MR) is 108 cm³/mol. The van der Waals surface area contributed by atoms with Crippen molar-refractivity contribution in [2.45, 2.75) is 44.2 Å². The molecule has 158 valence electrons. The van der Waals surface area contributed by atoms with Gasteiger partial charge in [0.15, 0.2) is 0 Å². The first kappa shape index (κ1) is 19.9. The predicted octanol–water partition coefficient (Wildman–Crippen LogP) is 2.06. The monoisotopic (exact) mass is 402 g/mol. The van der Waals surface area contributed by atoms with E-state index in [0.29, 0.717) is 19.4 Å². The highest BCUT2D eigenvalue weighted by molar-refractivity contribution is 5.70. The van der Waals surface area contributed by atoms with Gasteiger partial charge in [-0.15, -0.1) is 0 Å². The number of nitrogens with zero attached hydrogens (tertiary/aromatic N) is 4. The molecule has 0 spiro atoms. The highest BCUT2D eigenvalue weighted by atomic mass is 16.6. The molecule has 3 aliphatic heterocycles. The zero-order valence-electron chi connectivity index (χ0n) is 16.8. The van der Waals surface area contributed by atoms with Crippen LogP contribution in [0.3, 0.4) is 0 Å². The summed E-state index contributed by atoms with van der Waals surface area (Å²) in [6.07, 6.45) is 7.53. The lowest BCUT2D eigenvalue weighted by Gasteiger charge is -2.36. The van der Waals surface area contributed by atoms with Crippen molar-refractivity contribution >= 4 is 17.7 Å². The van der Waals surface area contributed by atoms with Gasteiger partial charge in [-0.2, -0.15) is 0 Å². The second-order valence-electron chi connectivity index (χ2n) is 8.32. The molecule has 0 aromatic carbocycles. The van der Waals surface area contributed by atoms with Crippen LogP contribution in [0, 0.1) is 5.92 Å². The van der Waals surface area contributed by atoms with E-state index in [9.17, 15) is 9.59 Å². The minimum atomic E-state index is -0.681. The maximum atomic E-state index is 12.4. The number of carbonyl (C=O) groups is 2. The standard InChI is InChI=1S/C21H30N4O4/c26-20(27)16-3-10-23(11-4-16)12-7-19-15-25(21(28)29-19)18-5-13-24(14-6-18)17-1-8-22-9-2-17/h1-2,8-9,16,18-19H,3-7,10-15H2,(H,26,27). The first-order chi connectivity index (χ1) is 14.1. The van der Waals surface area contributed by atoms with Crippen LogP contribution in [-0.2, 0) is 9.53 Å². The van der Waals surface area contributed by atoms with Gasteiger partial charge in [-0.05, 0) is 57.3 Å². The number of aliphatic carboxylic acids is 1. The minimum Gasteiger partial charge on any atom is -0.481 e. The van der Waals surface area contributed by atoms with Gasteiger partial charge >= 0.3 is 12.1 Å². The van der Waals surface area contributed by atoms with Crippen LogP contribution in [0.2, 0.25) is 0 Å². The Hall–Kier alpha value is -2.35. The van der Waals surface area contributed by atoms with Crippen LogP contribution in [0.4, 0.5) is 10.5 Å². The summed E-state index contributed by atoms with van der Waals surface area (Å²) < 4.78 is 5.63. The average molecular weight is 402 g/mol. The van der Waals surface area contributed by atoms with E-state index in [1.807, 2.05) is 29.4 Å².